The Morgan fingerprint density at radius 2 is 2.00 bits per heavy atom. The smallest absolute Gasteiger partial charge is 0.272 e. The van der Waals surface area contributed by atoms with Crippen LogP contribution in [0, 0.1) is 12.7 Å². The lowest BCUT2D eigenvalue weighted by atomic mass is 10.2. The largest absolute Gasteiger partial charge is 0.351 e. The Balaban J connectivity index is 1.87. The summed E-state index contributed by atoms with van der Waals surface area (Å²) in [4.78, 5) is 15.2. The van der Waals surface area contributed by atoms with Crippen LogP contribution in [0.25, 0.3) is 10.9 Å². The van der Waals surface area contributed by atoms with Crippen LogP contribution in [0.3, 0.4) is 0 Å². The molecule has 0 spiro atoms. The van der Waals surface area contributed by atoms with Crippen molar-refractivity contribution in [2.24, 2.45) is 0 Å². The number of halogens is 2. The van der Waals surface area contributed by atoms with Gasteiger partial charge in [-0.2, -0.15) is 0 Å². The molecule has 1 amide bonds. The molecule has 2 N–H and O–H groups in total. The lowest BCUT2D eigenvalue weighted by molar-refractivity contribution is 0.102. The van der Waals surface area contributed by atoms with Gasteiger partial charge in [-0.15, -0.1) is 0 Å². The summed E-state index contributed by atoms with van der Waals surface area (Å²) in [6.07, 6.45) is 0. The predicted molar refractivity (Wildman–Crippen MR) is 82.4 cm³/mol. The van der Waals surface area contributed by atoms with E-state index in [2.05, 4.69) is 10.3 Å². The number of anilines is 1. The van der Waals surface area contributed by atoms with Crippen LogP contribution in [-0.4, -0.2) is 10.9 Å². The second kappa shape index (κ2) is 5.22. The van der Waals surface area contributed by atoms with Gasteiger partial charge in [0.25, 0.3) is 5.91 Å². The molecular formula is C16H12ClFN2O. The number of hydrogen-bond acceptors (Lipinski definition) is 1. The number of rotatable bonds is 2. The average molecular weight is 303 g/mol. The molecule has 3 rings (SSSR count). The van der Waals surface area contributed by atoms with Crippen molar-refractivity contribution >= 4 is 34.1 Å². The molecule has 2 aromatic carbocycles. The number of amides is 1. The molecule has 21 heavy (non-hydrogen) atoms. The summed E-state index contributed by atoms with van der Waals surface area (Å²) < 4.78 is 13.1. The lowest BCUT2D eigenvalue weighted by Gasteiger charge is -2.04. The number of carbonyl (C=O) groups excluding carboxylic acids is 1. The summed E-state index contributed by atoms with van der Waals surface area (Å²) in [5.74, 6) is -0.817. The highest BCUT2D eigenvalue weighted by Crippen LogP contribution is 2.21. The topological polar surface area (TPSA) is 44.9 Å². The van der Waals surface area contributed by atoms with Crippen LogP contribution >= 0.6 is 11.6 Å². The molecule has 1 aromatic heterocycles. The first-order valence-electron chi connectivity index (χ1n) is 6.39. The fraction of sp³-hybridized carbons (Fsp3) is 0.0625. The predicted octanol–water partition coefficient (Wildman–Crippen LogP) is 4.52. The molecule has 0 aliphatic heterocycles. The van der Waals surface area contributed by atoms with Gasteiger partial charge in [-0.05, 0) is 43.3 Å². The standard InChI is InChI=1S/C16H12ClFN2O/c1-9-2-5-14-10(6-9)7-15(20-14)16(21)19-11-3-4-13(18)12(17)8-11/h2-8,20H,1H3,(H,19,21). The van der Waals surface area contributed by atoms with Crippen LogP contribution in [0.5, 0.6) is 0 Å². The Labute approximate surface area is 125 Å². The number of H-pyrrole nitrogens is 1. The minimum absolute atomic E-state index is 0.0277. The number of fused-ring (bicyclic) bond motifs is 1. The Kier molecular flexibility index (Phi) is 3.39. The van der Waals surface area contributed by atoms with Gasteiger partial charge in [-0.1, -0.05) is 23.2 Å². The summed E-state index contributed by atoms with van der Waals surface area (Å²) in [5.41, 5.74) is 2.90. The zero-order valence-electron chi connectivity index (χ0n) is 11.2. The average Bonchev–Trinajstić information content (AvgIpc) is 2.86. The molecule has 0 aliphatic rings. The maximum absolute atomic E-state index is 13.1. The molecule has 0 saturated carbocycles. The van der Waals surface area contributed by atoms with Crippen molar-refractivity contribution in [2.75, 3.05) is 5.32 Å². The molecule has 3 aromatic rings. The molecule has 1 heterocycles. The lowest BCUT2D eigenvalue weighted by Crippen LogP contribution is -2.12. The summed E-state index contributed by atoms with van der Waals surface area (Å²) in [7, 11) is 0. The van der Waals surface area contributed by atoms with Crippen molar-refractivity contribution in [3.8, 4) is 0 Å². The fourth-order valence-electron chi connectivity index (χ4n) is 2.15. The normalized spacial score (nSPS) is 10.8. The second-order valence-electron chi connectivity index (χ2n) is 4.86. The Bertz CT molecular complexity index is 841. The van der Waals surface area contributed by atoms with E-state index >= 15 is 0 Å². The van der Waals surface area contributed by atoms with E-state index in [9.17, 15) is 9.18 Å². The van der Waals surface area contributed by atoms with Crippen molar-refractivity contribution in [3.63, 3.8) is 0 Å². The van der Waals surface area contributed by atoms with Gasteiger partial charge in [0.05, 0.1) is 5.02 Å². The maximum Gasteiger partial charge on any atom is 0.272 e. The van der Waals surface area contributed by atoms with E-state index in [0.717, 1.165) is 16.5 Å². The highest BCUT2D eigenvalue weighted by molar-refractivity contribution is 6.31. The van der Waals surface area contributed by atoms with Crippen molar-refractivity contribution < 1.29 is 9.18 Å². The SMILES string of the molecule is Cc1ccc2[nH]c(C(=O)Nc3ccc(F)c(Cl)c3)cc2c1. The van der Waals surface area contributed by atoms with Crippen LogP contribution in [0.1, 0.15) is 16.1 Å². The van der Waals surface area contributed by atoms with E-state index in [4.69, 9.17) is 11.6 Å². The zero-order valence-corrected chi connectivity index (χ0v) is 12.0. The van der Waals surface area contributed by atoms with Gasteiger partial charge in [0.1, 0.15) is 11.5 Å². The molecule has 0 radical (unpaired) electrons. The van der Waals surface area contributed by atoms with E-state index in [0.29, 0.717) is 11.4 Å². The number of hydrogen-bond donors (Lipinski definition) is 2. The molecule has 106 valence electrons. The molecule has 5 heteroatoms. The van der Waals surface area contributed by atoms with Crippen LogP contribution in [0.2, 0.25) is 5.02 Å². The Hall–Kier alpha value is -2.33. The summed E-state index contributed by atoms with van der Waals surface area (Å²) in [6, 6.07) is 11.7. The van der Waals surface area contributed by atoms with E-state index in [1.807, 2.05) is 25.1 Å². The van der Waals surface area contributed by atoms with E-state index in [-0.39, 0.29) is 10.9 Å². The first-order chi connectivity index (χ1) is 10.0. The van der Waals surface area contributed by atoms with E-state index in [1.54, 1.807) is 6.07 Å². The second-order valence-corrected chi connectivity index (χ2v) is 5.26. The number of carbonyl (C=O) groups is 1. The van der Waals surface area contributed by atoms with Crippen molar-refractivity contribution in [1.82, 2.24) is 4.98 Å². The van der Waals surface area contributed by atoms with Crippen molar-refractivity contribution in [2.45, 2.75) is 6.92 Å². The third-order valence-electron chi connectivity index (χ3n) is 3.20. The van der Waals surface area contributed by atoms with Crippen LogP contribution in [0.4, 0.5) is 10.1 Å². The van der Waals surface area contributed by atoms with Crippen LogP contribution in [0.15, 0.2) is 42.5 Å². The fourth-order valence-corrected chi connectivity index (χ4v) is 2.33. The molecule has 0 saturated heterocycles. The monoisotopic (exact) mass is 302 g/mol. The van der Waals surface area contributed by atoms with Crippen molar-refractivity contribution in [1.29, 1.82) is 0 Å². The van der Waals surface area contributed by atoms with Gasteiger partial charge < -0.3 is 10.3 Å². The zero-order chi connectivity index (χ0) is 15.0. The first kappa shape index (κ1) is 13.6. The minimum atomic E-state index is -0.518. The van der Waals surface area contributed by atoms with E-state index < -0.39 is 5.82 Å². The van der Waals surface area contributed by atoms with Gasteiger partial charge in [0.15, 0.2) is 0 Å². The minimum Gasteiger partial charge on any atom is -0.351 e. The van der Waals surface area contributed by atoms with E-state index in [1.165, 1.54) is 18.2 Å². The van der Waals surface area contributed by atoms with Gasteiger partial charge in [-0.3, -0.25) is 4.79 Å². The first-order valence-corrected chi connectivity index (χ1v) is 6.76. The molecule has 0 unspecified atom stereocenters. The quantitative estimate of drug-likeness (QED) is 0.718. The third kappa shape index (κ3) is 2.76. The summed E-state index contributed by atoms with van der Waals surface area (Å²) in [5, 5.41) is 3.62. The maximum atomic E-state index is 13.1. The number of aromatic nitrogens is 1. The summed E-state index contributed by atoms with van der Waals surface area (Å²) in [6.45, 7) is 1.99. The molecular weight excluding hydrogens is 291 g/mol. The summed E-state index contributed by atoms with van der Waals surface area (Å²) >= 11 is 5.69. The third-order valence-corrected chi connectivity index (χ3v) is 3.49. The van der Waals surface area contributed by atoms with Gasteiger partial charge in [0, 0.05) is 16.6 Å². The highest BCUT2D eigenvalue weighted by atomic mass is 35.5. The Morgan fingerprint density at radius 3 is 2.76 bits per heavy atom. The molecule has 3 nitrogen and oxygen atoms in total. The number of aryl methyl sites for hydroxylation is 1. The Morgan fingerprint density at radius 1 is 1.19 bits per heavy atom. The molecule has 0 fully saturated rings. The number of benzene rings is 2. The van der Waals surface area contributed by atoms with Crippen LogP contribution < -0.4 is 5.32 Å². The van der Waals surface area contributed by atoms with Crippen LogP contribution in [-0.2, 0) is 0 Å². The molecule has 0 aliphatic carbocycles. The number of nitrogens with one attached hydrogen (secondary N) is 2. The highest BCUT2D eigenvalue weighted by Gasteiger charge is 2.11. The number of aromatic amines is 1. The van der Waals surface area contributed by atoms with Gasteiger partial charge in [-0.25, -0.2) is 4.39 Å². The molecule has 0 atom stereocenters. The van der Waals surface area contributed by atoms with Gasteiger partial charge in [0.2, 0.25) is 0 Å². The molecule has 0 bridgehead atoms. The van der Waals surface area contributed by atoms with Gasteiger partial charge >= 0.3 is 0 Å². The van der Waals surface area contributed by atoms with Crippen molar-refractivity contribution in [3.05, 3.63) is 64.6 Å².